The molecule has 104 valence electrons. The summed E-state index contributed by atoms with van der Waals surface area (Å²) < 4.78 is 62.5. The maximum atomic E-state index is 13.0. The van der Waals surface area contributed by atoms with Crippen LogP contribution in [0.25, 0.3) is 0 Å². The zero-order valence-corrected chi connectivity index (χ0v) is 9.06. The Morgan fingerprint density at radius 2 is 1.94 bits per heavy atom. The first-order chi connectivity index (χ1) is 8.13. The van der Waals surface area contributed by atoms with E-state index in [2.05, 4.69) is 5.10 Å². The van der Waals surface area contributed by atoms with Crippen LogP contribution in [-0.2, 0) is 0 Å². The Kier molecular flexibility index (Phi) is 3.62. The summed E-state index contributed by atoms with van der Waals surface area (Å²) in [5.74, 6) is 0. The summed E-state index contributed by atoms with van der Waals surface area (Å²) in [6.45, 7) is 1.48. The first-order valence-corrected chi connectivity index (χ1v) is 4.80. The molecule has 1 aliphatic rings. The molecule has 1 aliphatic heterocycles. The minimum Gasteiger partial charge on any atom is -0.261 e. The molecule has 1 unspecified atom stereocenters. The largest absolute Gasteiger partial charge is 0.475 e. The minimum absolute atomic E-state index is 0.105. The molecule has 1 atom stereocenters. The van der Waals surface area contributed by atoms with Gasteiger partial charge in [0.2, 0.25) is 0 Å². The molecule has 0 bridgehead atoms. The van der Waals surface area contributed by atoms with E-state index in [1.165, 1.54) is 0 Å². The van der Waals surface area contributed by atoms with Crippen LogP contribution in [0.3, 0.4) is 0 Å². The number of nitro groups is 1. The highest BCUT2D eigenvalue weighted by Crippen LogP contribution is 2.40. The van der Waals surface area contributed by atoms with Gasteiger partial charge in [0, 0.05) is 6.54 Å². The van der Waals surface area contributed by atoms with Crippen LogP contribution in [0, 0.1) is 10.1 Å². The monoisotopic (exact) mass is 276 g/mol. The van der Waals surface area contributed by atoms with Crippen LogP contribution in [0.1, 0.15) is 13.3 Å². The number of alkyl halides is 5. The maximum Gasteiger partial charge on any atom is 0.475 e. The van der Waals surface area contributed by atoms with E-state index in [0.29, 0.717) is 11.4 Å². The second-order valence-corrected chi connectivity index (χ2v) is 3.47. The quantitative estimate of drug-likeness (QED) is 0.339. The van der Waals surface area contributed by atoms with E-state index in [1.54, 1.807) is 6.92 Å². The average molecular weight is 276 g/mol. The molecule has 0 radical (unpaired) electrons. The Hall–Kier alpha value is -1.68. The van der Waals surface area contributed by atoms with Gasteiger partial charge in [0.25, 0.3) is 0 Å². The molecule has 1 rings (SSSR count). The number of hydrogen-bond donors (Lipinski definition) is 0. The van der Waals surface area contributed by atoms with Crippen LogP contribution in [0.4, 0.5) is 22.0 Å². The summed E-state index contributed by atoms with van der Waals surface area (Å²) >= 11 is 0. The van der Waals surface area contributed by atoms with Crippen molar-refractivity contribution < 1.29 is 26.9 Å². The van der Waals surface area contributed by atoms with Crippen LogP contribution < -0.4 is 0 Å². The Morgan fingerprint density at radius 1 is 1.39 bits per heavy atom. The molecule has 0 aromatic carbocycles. The van der Waals surface area contributed by atoms with Crippen LogP contribution in [-0.4, -0.2) is 46.2 Å². The van der Waals surface area contributed by atoms with Gasteiger partial charge in [-0.05, 0) is 6.42 Å². The predicted molar refractivity (Wildman–Crippen MR) is 49.1 cm³/mol. The third-order valence-corrected chi connectivity index (χ3v) is 2.15. The molecule has 0 saturated carbocycles. The summed E-state index contributed by atoms with van der Waals surface area (Å²) in [7, 11) is 0. The van der Waals surface area contributed by atoms with Gasteiger partial charge in [-0.25, -0.2) is 9.91 Å². The molecular weight excluding hydrogens is 267 g/mol. The SMILES string of the molecule is CCCN1N=CN(C(F)(F)C(F)(F)F)C1[N+](=O)[O-]. The Morgan fingerprint density at radius 3 is 2.33 bits per heavy atom. The van der Waals surface area contributed by atoms with E-state index in [0.717, 1.165) is 0 Å². The third kappa shape index (κ3) is 2.29. The molecule has 1 heterocycles. The second kappa shape index (κ2) is 4.53. The first kappa shape index (κ1) is 14.4. The van der Waals surface area contributed by atoms with E-state index < -0.39 is 28.3 Å². The van der Waals surface area contributed by atoms with Crippen molar-refractivity contribution in [3.8, 4) is 0 Å². The van der Waals surface area contributed by atoms with Crippen molar-refractivity contribution in [2.45, 2.75) is 31.9 Å². The number of nitrogens with zero attached hydrogens (tertiary/aromatic N) is 4. The number of halogens is 5. The van der Waals surface area contributed by atoms with E-state index in [-0.39, 0.29) is 12.9 Å². The zero-order valence-electron chi connectivity index (χ0n) is 9.06. The van der Waals surface area contributed by atoms with Crippen molar-refractivity contribution in [3.63, 3.8) is 0 Å². The fourth-order valence-corrected chi connectivity index (χ4v) is 1.36. The number of rotatable bonds is 4. The van der Waals surface area contributed by atoms with Crippen molar-refractivity contribution in [3.05, 3.63) is 10.1 Å². The average Bonchev–Trinajstić information content (AvgIpc) is 2.60. The fraction of sp³-hybridized carbons (Fsp3) is 0.857. The second-order valence-electron chi connectivity index (χ2n) is 3.47. The molecule has 11 heteroatoms. The van der Waals surface area contributed by atoms with Gasteiger partial charge in [-0.15, -0.1) is 0 Å². The standard InChI is InChI=1S/C7H9F5N4O2/c1-2-3-15-5(16(17)18)14(4-13-15)7(11,12)6(8,9)10/h4-5H,2-3H2,1H3. The molecule has 0 amide bonds. The summed E-state index contributed by atoms with van der Waals surface area (Å²) in [5.41, 5.74) is 0. The molecule has 0 aromatic rings. The van der Waals surface area contributed by atoms with Crippen LogP contribution >= 0.6 is 0 Å². The molecule has 0 aliphatic carbocycles. The van der Waals surface area contributed by atoms with E-state index >= 15 is 0 Å². The molecule has 0 N–H and O–H groups in total. The van der Waals surface area contributed by atoms with Crippen molar-refractivity contribution in [2.24, 2.45) is 5.10 Å². The van der Waals surface area contributed by atoms with Crippen LogP contribution in [0.5, 0.6) is 0 Å². The molecule has 6 nitrogen and oxygen atoms in total. The Labute approximate surface area is 97.8 Å². The molecule has 0 spiro atoms. The Balaban J connectivity index is 3.03. The maximum absolute atomic E-state index is 13.0. The molecule has 18 heavy (non-hydrogen) atoms. The first-order valence-electron chi connectivity index (χ1n) is 4.80. The van der Waals surface area contributed by atoms with Gasteiger partial charge in [0.15, 0.2) is 0 Å². The number of hydrogen-bond acceptors (Lipinski definition) is 5. The highest BCUT2D eigenvalue weighted by Gasteiger charge is 2.67. The van der Waals surface area contributed by atoms with Gasteiger partial charge in [-0.3, -0.25) is 10.1 Å². The van der Waals surface area contributed by atoms with E-state index in [1.807, 2.05) is 0 Å². The normalized spacial score (nSPS) is 20.7. The smallest absolute Gasteiger partial charge is 0.261 e. The lowest BCUT2D eigenvalue weighted by Crippen LogP contribution is -2.59. The van der Waals surface area contributed by atoms with Crippen molar-refractivity contribution in [1.82, 2.24) is 9.91 Å². The van der Waals surface area contributed by atoms with Gasteiger partial charge < -0.3 is 0 Å². The molecule has 0 saturated heterocycles. The predicted octanol–water partition coefficient (Wildman–Crippen LogP) is 1.67. The minimum atomic E-state index is -5.92. The van der Waals surface area contributed by atoms with E-state index in [9.17, 15) is 32.1 Å². The van der Waals surface area contributed by atoms with Gasteiger partial charge >= 0.3 is 18.5 Å². The summed E-state index contributed by atoms with van der Waals surface area (Å²) in [5, 5.41) is 14.4. The van der Waals surface area contributed by atoms with Crippen LogP contribution in [0.2, 0.25) is 0 Å². The zero-order chi connectivity index (χ0) is 14.1. The highest BCUT2D eigenvalue weighted by atomic mass is 19.4. The van der Waals surface area contributed by atoms with E-state index in [4.69, 9.17) is 0 Å². The lowest BCUT2D eigenvalue weighted by atomic mass is 10.4. The molecule has 0 fully saturated rings. The summed E-state index contributed by atoms with van der Waals surface area (Å²) in [6.07, 6.45) is -7.83. The van der Waals surface area contributed by atoms with Crippen molar-refractivity contribution in [1.29, 1.82) is 0 Å². The molecule has 0 aromatic heterocycles. The van der Waals surface area contributed by atoms with Gasteiger partial charge in [0.1, 0.15) is 6.34 Å². The van der Waals surface area contributed by atoms with Gasteiger partial charge in [0.05, 0.1) is 4.92 Å². The van der Waals surface area contributed by atoms with Crippen molar-refractivity contribution >= 4 is 6.34 Å². The van der Waals surface area contributed by atoms with Gasteiger partial charge in [-0.2, -0.15) is 27.1 Å². The Bertz CT molecular complexity index is 358. The third-order valence-electron chi connectivity index (χ3n) is 2.15. The fourth-order valence-electron chi connectivity index (χ4n) is 1.36. The lowest BCUT2D eigenvalue weighted by molar-refractivity contribution is -0.586. The topological polar surface area (TPSA) is 62.0 Å². The highest BCUT2D eigenvalue weighted by molar-refractivity contribution is 5.57. The molecular formula is C7H9F5N4O2. The van der Waals surface area contributed by atoms with Crippen LogP contribution in [0.15, 0.2) is 5.10 Å². The summed E-state index contributed by atoms with van der Waals surface area (Å²) in [6, 6.07) is -5.35. The van der Waals surface area contributed by atoms with Crippen molar-refractivity contribution in [2.75, 3.05) is 6.54 Å². The summed E-state index contributed by atoms with van der Waals surface area (Å²) in [4.78, 5) is 8.66. The lowest BCUT2D eigenvalue weighted by Gasteiger charge is -2.30. The number of hydrazone groups is 1. The van der Waals surface area contributed by atoms with Gasteiger partial charge in [-0.1, -0.05) is 6.92 Å².